The van der Waals surface area contributed by atoms with Gasteiger partial charge in [0.2, 0.25) is 0 Å². The molecule has 1 atom stereocenters. The SMILES string of the molecule is C=CCC(C)Nc1cc(C(=O)O)ccn1. The molecule has 80 valence electrons. The molecule has 0 amide bonds. The molecule has 4 heteroatoms. The van der Waals surface area contributed by atoms with Crippen LogP contribution < -0.4 is 5.32 Å². The monoisotopic (exact) mass is 206 g/mol. The van der Waals surface area contributed by atoms with Crippen LogP contribution in [0.25, 0.3) is 0 Å². The lowest BCUT2D eigenvalue weighted by Crippen LogP contribution is -2.15. The van der Waals surface area contributed by atoms with E-state index in [1.165, 1.54) is 18.3 Å². The van der Waals surface area contributed by atoms with Gasteiger partial charge in [-0.15, -0.1) is 6.58 Å². The van der Waals surface area contributed by atoms with Crippen molar-refractivity contribution in [3.05, 3.63) is 36.5 Å². The minimum Gasteiger partial charge on any atom is -0.478 e. The molecule has 1 aromatic rings. The Balaban J connectivity index is 2.73. The molecule has 0 spiro atoms. The minimum absolute atomic E-state index is 0.194. The fraction of sp³-hybridized carbons (Fsp3) is 0.273. The molecule has 1 aromatic heterocycles. The molecule has 1 heterocycles. The Bertz CT molecular complexity index is 363. The summed E-state index contributed by atoms with van der Waals surface area (Å²) < 4.78 is 0. The Labute approximate surface area is 88.7 Å². The molecule has 2 N–H and O–H groups in total. The summed E-state index contributed by atoms with van der Waals surface area (Å²) >= 11 is 0. The van der Waals surface area contributed by atoms with E-state index in [9.17, 15) is 4.79 Å². The second kappa shape index (κ2) is 5.14. The van der Waals surface area contributed by atoms with Crippen molar-refractivity contribution in [1.82, 2.24) is 4.98 Å². The summed E-state index contributed by atoms with van der Waals surface area (Å²) in [6.07, 6.45) is 4.09. The van der Waals surface area contributed by atoms with Crippen molar-refractivity contribution < 1.29 is 9.90 Å². The van der Waals surface area contributed by atoms with Crippen molar-refractivity contribution in [2.24, 2.45) is 0 Å². The molecule has 1 rings (SSSR count). The summed E-state index contributed by atoms with van der Waals surface area (Å²) in [5.74, 6) is -0.374. The number of hydrogen-bond acceptors (Lipinski definition) is 3. The molecule has 4 nitrogen and oxygen atoms in total. The molecular formula is C11H14N2O2. The van der Waals surface area contributed by atoms with Gasteiger partial charge in [-0.2, -0.15) is 0 Å². The highest BCUT2D eigenvalue weighted by Gasteiger charge is 2.05. The predicted molar refractivity (Wildman–Crippen MR) is 59.1 cm³/mol. The van der Waals surface area contributed by atoms with Crippen LogP contribution in [0.15, 0.2) is 31.0 Å². The fourth-order valence-corrected chi connectivity index (χ4v) is 1.20. The summed E-state index contributed by atoms with van der Waals surface area (Å²) in [5, 5.41) is 11.9. The second-order valence-electron chi connectivity index (χ2n) is 3.30. The van der Waals surface area contributed by atoms with E-state index in [1.807, 2.05) is 6.92 Å². The maximum Gasteiger partial charge on any atom is 0.335 e. The summed E-state index contributed by atoms with van der Waals surface area (Å²) in [6, 6.07) is 3.17. The highest BCUT2D eigenvalue weighted by molar-refractivity contribution is 5.88. The first-order valence-corrected chi connectivity index (χ1v) is 4.70. The molecule has 0 radical (unpaired) electrons. The molecule has 0 aliphatic carbocycles. The topological polar surface area (TPSA) is 62.2 Å². The van der Waals surface area contributed by atoms with E-state index < -0.39 is 5.97 Å². The predicted octanol–water partition coefficient (Wildman–Crippen LogP) is 2.16. The first kappa shape index (κ1) is 11.2. The Morgan fingerprint density at radius 3 is 3.13 bits per heavy atom. The zero-order valence-corrected chi connectivity index (χ0v) is 8.60. The summed E-state index contributed by atoms with van der Waals surface area (Å²) in [6.45, 7) is 5.62. The van der Waals surface area contributed by atoms with Gasteiger partial charge in [0.25, 0.3) is 0 Å². The van der Waals surface area contributed by atoms with Crippen LogP contribution in [0.5, 0.6) is 0 Å². The molecule has 0 fully saturated rings. The van der Waals surface area contributed by atoms with E-state index in [1.54, 1.807) is 6.08 Å². The Kier molecular flexibility index (Phi) is 3.85. The van der Waals surface area contributed by atoms with Gasteiger partial charge in [0.15, 0.2) is 0 Å². The number of carboxylic acids is 1. The molecule has 0 bridgehead atoms. The van der Waals surface area contributed by atoms with Crippen molar-refractivity contribution >= 4 is 11.8 Å². The van der Waals surface area contributed by atoms with Gasteiger partial charge in [0, 0.05) is 12.2 Å². The average Bonchev–Trinajstić information content (AvgIpc) is 2.18. The Morgan fingerprint density at radius 1 is 1.80 bits per heavy atom. The number of nitrogens with zero attached hydrogens (tertiary/aromatic N) is 1. The molecule has 1 unspecified atom stereocenters. The van der Waals surface area contributed by atoms with Crippen molar-refractivity contribution in [3.63, 3.8) is 0 Å². The summed E-state index contributed by atoms with van der Waals surface area (Å²) in [4.78, 5) is 14.7. The van der Waals surface area contributed by atoms with E-state index in [4.69, 9.17) is 5.11 Å². The smallest absolute Gasteiger partial charge is 0.335 e. The normalized spacial score (nSPS) is 11.8. The van der Waals surface area contributed by atoms with Gasteiger partial charge >= 0.3 is 5.97 Å². The van der Waals surface area contributed by atoms with Crippen LogP contribution in [0.2, 0.25) is 0 Å². The summed E-state index contributed by atoms with van der Waals surface area (Å²) in [7, 11) is 0. The lowest BCUT2D eigenvalue weighted by Gasteiger charge is -2.12. The van der Waals surface area contributed by atoms with E-state index in [-0.39, 0.29) is 11.6 Å². The number of nitrogens with one attached hydrogen (secondary N) is 1. The first-order valence-electron chi connectivity index (χ1n) is 4.70. The highest BCUT2D eigenvalue weighted by atomic mass is 16.4. The Morgan fingerprint density at radius 2 is 2.53 bits per heavy atom. The zero-order chi connectivity index (χ0) is 11.3. The molecule has 0 aliphatic heterocycles. The molecule has 0 aromatic carbocycles. The zero-order valence-electron chi connectivity index (χ0n) is 8.60. The number of aromatic nitrogens is 1. The van der Waals surface area contributed by atoms with Crippen molar-refractivity contribution in [1.29, 1.82) is 0 Å². The van der Waals surface area contributed by atoms with Crippen LogP contribution in [0.4, 0.5) is 5.82 Å². The molecule has 0 saturated carbocycles. The number of hydrogen-bond donors (Lipinski definition) is 2. The second-order valence-corrected chi connectivity index (χ2v) is 3.30. The van der Waals surface area contributed by atoms with E-state index in [0.717, 1.165) is 6.42 Å². The Hall–Kier alpha value is -1.84. The standard InChI is InChI=1S/C11H14N2O2/c1-3-4-8(2)13-10-7-9(11(14)15)5-6-12-10/h3,5-8H,1,4H2,2H3,(H,12,13)(H,14,15). The summed E-state index contributed by atoms with van der Waals surface area (Å²) in [5.41, 5.74) is 0.235. The lowest BCUT2D eigenvalue weighted by atomic mass is 10.2. The number of anilines is 1. The van der Waals surface area contributed by atoms with Crippen LogP contribution in [0, 0.1) is 0 Å². The van der Waals surface area contributed by atoms with Gasteiger partial charge < -0.3 is 10.4 Å². The fourth-order valence-electron chi connectivity index (χ4n) is 1.20. The number of carboxylic acid groups (broad SMARTS) is 1. The number of rotatable bonds is 5. The van der Waals surface area contributed by atoms with Crippen molar-refractivity contribution in [2.45, 2.75) is 19.4 Å². The van der Waals surface area contributed by atoms with E-state index >= 15 is 0 Å². The molecule has 0 saturated heterocycles. The quantitative estimate of drug-likeness (QED) is 0.725. The molecule has 15 heavy (non-hydrogen) atoms. The van der Waals surface area contributed by atoms with E-state index in [2.05, 4.69) is 16.9 Å². The van der Waals surface area contributed by atoms with Gasteiger partial charge in [0.05, 0.1) is 5.56 Å². The third-order valence-electron chi connectivity index (χ3n) is 1.92. The first-order chi connectivity index (χ1) is 7.13. The van der Waals surface area contributed by atoms with Crippen LogP contribution >= 0.6 is 0 Å². The van der Waals surface area contributed by atoms with Gasteiger partial charge in [-0.1, -0.05) is 6.08 Å². The van der Waals surface area contributed by atoms with Crippen LogP contribution in [0.3, 0.4) is 0 Å². The van der Waals surface area contributed by atoms with Gasteiger partial charge in [-0.3, -0.25) is 0 Å². The number of carbonyl (C=O) groups is 1. The highest BCUT2D eigenvalue weighted by Crippen LogP contribution is 2.09. The third-order valence-corrected chi connectivity index (χ3v) is 1.92. The largest absolute Gasteiger partial charge is 0.478 e. The number of aromatic carboxylic acids is 1. The average molecular weight is 206 g/mol. The van der Waals surface area contributed by atoms with Crippen molar-refractivity contribution in [3.8, 4) is 0 Å². The van der Waals surface area contributed by atoms with Crippen LogP contribution in [-0.2, 0) is 0 Å². The van der Waals surface area contributed by atoms with Crippen LogP contribution in [-0.4, -0.2) is 22.1 Å². The maximum atomic E-state index is 10.7. The minimum atomic E-state index is -0.947. The van der Waals surface area contributed by atoms with Gasteiger partial charge in [-0.25, -0.2) is 9.78 Å². The van der Waals surface area contributed by atoms with Gasteiger partial charge in [-0.05, 0) is 25.5 Å². The lowest BCUT2D eigenvalue weighted by molar-refractivity contribution is 0.0697. The van der Waals surface area contributed by atoms with E-state index in [0.29, 0.717) is 5.82 Å². The maximum absolute atomic E-state index is 10.7. The third kappa shape index (κ3) is 3.42. The van der Waals surface area contributed by atoms with Crippen molar-refractivity contribution in [2.75, 3.05) is 5.32 Å². The van der Waals surface area contributed by atoms with Crippen LogP contribution in [0.1, 0.15) is 23.7 Å². The van der Waals surface area contributed by atoms with Gasteiger partial charge in [0.1, 0.15) is 5.82 Å². The number of pyridine rings is 1. The molecule has 0 aliphatic rings. The molecular weight excluding hydrogens is 192 g/mol.